The van der Waals surface area contributed by atoms with Gasteiger partial charge in [-0.3, -0.25) is 19.3 Å². The molecule has 0 unspecified atom stereocenters. The van der Waals surface area contributed by atoms with Gasteiger partial charge in [0.2, 0.25) is 11.8 Å². The molecular weight excluding hydrogens is 747 g/mol. The summed E-state index contributed by atoms with van der Waals surface area (Å²) in [4.78, 5) is 55.7. The third-order valence-corrected chi connectivity index (χ3v) is 11.5. The van der Waals surface area contributed by atoms with E-state index in [0.717, 1.165) is 22.2 Å². The highest BCUT2D eigenvalue weighted by Gasteiger charge is 2.74. The quantitative estimate of drug-likeness (QED) is 0.0921. The van der Waals surface area contributed by atoms with E-state index in [4.69, 9.17) is 9.47 Å². The van der Waals surface area contributed by atoms with Crippen LogP contribution in [0.25, 0.3) is 11.0 Å². The first-order valence-corrected chi connectivity index (χ1v) is 19.6. The van der Waals surface area contributed by atoms with Crippen molar-refractivity contribution in [1.29, 1.82) is 0 Å². The molecule has 0 aliphatic carbocycles. The summed E-state index contributed by atoms with van der Waals surface area (Å²) in [5.74, 6) is 4.04. The second-order valence-electron chi connectivity index (χ2n) is 14.8. The molecule has 5 N–H and O–H groups in total. The van der Waals surface area contributed by atoms with E-state index in [2.05, 4.69) is 32.4 Å². The summed E-state index contributed by atoms with van der Waals surface area (Å²) in [6.45, 7) is -0.302. The van der Waals surface area contributed by atoms with Gasteiger partial charge in [0.15, 0.2) is 0 Å². The van der Waals surface area contributed by atoms with Crippen molar-refractivity contribution in [3.8, 4) is 17.6 Å². The molecule has 59 heavy (non-hydrogen) atoms. The molecule has 1 aromatic heterocycles. The van der Waals surface area contributed by atoms with Crippen LogP contribution < -0.4 is 15.4 Å². The first kappa shape index (κ1) is 37.8. The molecule has 9 rings (SSSR count). The number of nitrogens with zero attached hydrogens (tertiary/aromatic N) is 2. The zero-order valence-electron chi connectivity index (χ0n) is 31.9. The standard InChI is InChI=1S/C47H41N5O7/c53-23-10-9-12-29-21-22-35-34(26-29)47(46(57)51-35)39(44(55)48-28-38-49-36-19-7-8-20-37(36)50-38)41-45(56)59-42(31-15-5-2-6-16-31)40(30-13-3-1-4-14-30)52(41)43(47)32-17-11-18-33(27-32)58-25-24-54/h1-8,11,13-22,26-27,39-43,53-54H,10,23-25,28H2,(H,48,55)(H,49,50)(H,51,57)/t39-,40-,41-,42+,43+,47-/m0/s1. The van der Waals surface area contributed by atoms with Crippen LogP contribution in [0.2, 0.25) is 0 Å². The number of ether oxygens (including phenoxy) is 2. The SMILES string of the molecule is O=C1O[C@H](c2ccccc2)[C@H](c2ccccc2)N2[C@H]1[C@@H](C(=O)NCc1nc3ccccc3[nH]1)[C@]1(C(=O)Nc3ccc(C#CCCO)cc31)[C@H]2c1cccc(OCCO)c1. The number of hydrogen-bond acceptors (Lipinski definition) is 9. The van der Waals surface area contributed by atoms with Gasteiger partial charge in [0.1, 0.15) is 35.7 Å². The summed E-state index contributed by atoms with van der Waals surface area (Å²) >= 11 is 0. The summed E-state index contributed by atoms with van der Waals surface area (Å²) in [7, 11) is 0. The lowest BCUT2D eigenvalue weighted by atomic mass is 9.65. The van der Waals surface area contributed by atoms with Crippen LogP contribution in [0.5, 0.6) is 5.75 Å². The number of esters is 1. The van der Waals surface area contributed by atoms with Gasteiger partial charge >= 0.3 is 5.97 Å². The van der Waals surface area contributed by atoms with Crippen molar-refractivity contribution < 1.29 is 34.1 Å². The Balaban J connectivity index is 1.29. The molecule has 5 aromatic carbocycles. The van der Waals surface area contributed by atoms with Crippen molar-refractivity contribution in [3.63, 3.8) is 0 Å². The smallest absolute Gasteiger partial charge is 0.324 e. The molecule has 0 radical (unpaired) electrons. The molecule has 0 bridgehead atoms. The number of aliphatic hydroxyl groups excluding tert-OH is 2. The maximum atomic E-state index is 15.4. The van der Waals surface area contributed by atoms with Gasteiger partial charge in [-0.1, -0.05) is 96.8 Å². The molecule has 6 aromatic rings. The monoisotopic (exact) mass is 787 g/mol. The zero-order valence-corrected chi connectivity index (χ0v) is 31.9. The van der Waals surface area contributed by atoms with Crippen molar-refractivity contribution in [2.45, 2.75) is 42.6 Å². The second-order valence-corrected chi connectivity index (χ2v) is 14.8. The highest BCUT2D eigenvalue weighted by Crippen LogP contribution is 2.65. The molecule has 3 aliphatic rings. The normalized spacial score (nSPS) is 23.2. The number of aromatic nitrogens is 2. The largest absolute Gasteiger partial charge is 0.491 e. The van der Waals surface area contributed by atoms with E-state index in [1.807, 2.05) is 108 Å². The Morgan fingerprint density at radius 3 is 2.36 bits per heavy atom. The third kappa shape index (κ3) is 6.59. The van der Waals surface area contributed by atoms with Crippen molar-refractivity contribution in [2.24, 2.45) is 5.92 Å². The fraction of sp³-hybridized carbons (Fsp3) is 0.234. The first-order valence-electron chi connectivity index (χ1n) is 19.6. The van der Waals surface area contributed by atoms with Gasteiger partial charge in [0, 0.05) is 17.7 Å². The molecule has 296 valence electrons. The fourth-order valence-electron chi connectivity index (χ4n) is 9.20. The van der Waals surface area contributed by atoms with Gasteiger partial charge in [-0.2, -0.15) is 0 Å². The zero-order chi connectivity index (χ0) is 40.5. The number of benzene rings is 5. The molecule has 2 saturated heterocycles. The van der Waals surface area contributed by atoms with E-state index < -0.39 is 53.3 Å². The number of morpholine rings is 1. The Morgan fingerprint density at radius 1 is 0.847 bits per heavy atom. The number of rotatable bonds is 10. The number of cyclic esters (lactones) is 1. The summed E-state index contributed by atoms with van der Waals surface area (Å²) in [6, 6.07) is 36.4. The second kappa shape index (κ2) is 15.9. The van der Waals surface area contributed by atoms with Crippen LogP contribution in [0, 0.1) is 17.8 Å². The summed E-state index contributed by atoms with van der Waals surface area (Å²) in [5.41, 5.74) is 3.53. The molecule has 2 amide bonds. The number of imidazole rings is 1. The van der Waals surface area contributed by atoms with Crippen LogP contribution in [-0.2, 0) is 31.1 Å². The average Bonchev–Trinajstić information content (AvgIpc) is 3.93. The summed E-state index contributed by atoms with van der Waals surface area (Å²) in [5, 5.41) is 25.3. The number of carbonyl (C=O) groups excluding carboxylic acids is 3. The Bertz CT molecular complexity index is 2570. The van der Waals surface area contributed by atoms with Gasteiger partial charge in [0.05, 0.1) is 48.8 Å². The lowest BCUT2D eigenvalue weighted by Crippen LogP contribution is -2.54. The number of amides is 2. The Morgan fingerprint density at radius 2 is 1.59 bits per heavy atom. The van der Waals surface area contributed by atoms with E-state index in [1.165, 1.54) is 0 Å². The Kier molecular flexibility index (Phi) is 10.2. The number of nitrogens with one attached hydrogen (secondary N) is 3. The van der Waals surface area contributed by atoms with Crippen molar-refractivity contribution in [2.75, 3.05) is 25.1 Å². The Hall–Kier alpha value is -6.78. The lowest BCUT2D eigenvalue weighted by Gasteiger charge is -2.46. The highest BCUT2D eigenvalue weighted by molar-refractivity contribution is 6.12. The van der Waals surface area contributed by atoms with E-state index >= 15 is 14.4 Å². The molecule has 2 fully saturated rings. The number of carbonyl (C=O) groups is 3. The van der Waals surface area contributed by atoms with Gasteiger partial charge < -0.3 is 35.3 Å². The molecule has 0 saturated carbocycles. The van der Waals surface area contributed by atoms with Gasteiger partial charge in [-0.05, 0) is 64.7 Å². The number of hydrogen-bond donors (Lipinski definition) is 5. The summed E-state index contributed by atoms with van der Waals surface area (Å²) in [6.07, 6.45) is -0.579. The maximum absolute atomic E-state index is 15.4. The number of aliphatic hydroxyl groups is 2. The van der Waals surface area contributed by atoms with Crippen LogP contribution >= 0.6 is 0 Å². The van der Waals surface area contributed by atoms with Crippen molar-refractivity contribution >= 4 is 34.5 Å². The van der Waals surface area contributed by atoms with E-state index in [0.29, 0.717) is 34.0 Å². The van der Waals surface area contributed by atoms with E-state index in [1.54, 1.807) is 24.3 Å². The van der Waals surface area contributed by atoms with E-state index in [9.17, 15) is 10.2 Å². The van der Waals surface area contributed by atoms with Crippen molar-refractivity contribution in [1.82, 2.24) is 20.2 Å². The van der Waals surface area contributed by atoms with Crippen LogP contribution in [0.3, 0.4) is 0 Å². The molecule has 12 nitrogen and oxygen atoms in total. The van der Waals surface area contributed by atoms with Gasteiger partial charge in [-0.25, -0.2) is 4.98 Å². The fourth-order valence-corrected chi connectivity index (χ4v) is 9.20. The number of aromatic amines is 1. The molecular formula is C47H41N5O7. The minimum absolute atomic E-state index is 0.00703. The van der Waals surface area contributed by atoms with Crippen LogP contribution in [0.1, 0.15) is 58.3 Å². The van der Waals surface area contributed by atoms with Crippen LogP contribution in [0.15, 0.2) is 127 Å². The lowest BCUT2D eigenvalue weighted by molar-refractivity contribution is -0.178. The number of para-hydroxylation sites is 2. The molecule has 6 atom stereocenters. The first-order chi connectivity index (χ1) is 28.9. The van der Waals surface area contributed by atoms with Gasteiger partial charge in [-0.15, -0.1) is 0 Å². The van der Waals surface area contributed by atoms with Crippen LogP contribution in [-0.4, -0.2) is 68.7 Å². The van der Waals surface area contributed by atoms with E-state index in [-0.39, 0.29) is 32.8 Å². The molecule has 4 heterocycles. The Labute approximate surface area is 340 Å². The minimum atomic E-state index is -1.74. The topological polar surface area (TPSA) is 166 Å². The molecule has 3 aliphatic heterocycles. The predicted molar refractivity (Wildman–Crippen MR) is 219 cm³/mol. The number of H-pyrrole nitrogens is 1. The number of anilines is 1. The molecule has 1 spiro atoms. The summed E-state index contributed by atoms with van der Waals surface area (Å²) < 4.78 is 12.4. The minimum Gasteiger partial charge on any atom is -0.491 e. The average molecular weight is 788 g/mol. The van der Waals surface area contributed by atoms with Crippen LogP contribution in [0.4, 0.5) is 5.69 Å². The molecule has 12 heteroatoms. The highest BCUT2D eigenvalue weighted by atomic mass is 16.6. The third-order valence-electron chi connectivity index (χ3n) is 11.5. The van der Waals surface area contributed by atoms with Gasteiger partial charge in [0.25, 0.3) is 0 Å². The predicted octanol–water partition coefficient (Wildman–Crippen LogP) is 5.26. The van der Waals surface area contributed by atoms with Crippen molar-refractivity contribution in [3.05, 3.63) is 161 Å². The number of fused-ring (bicyclic) bond motifs is 4. The maximum Gasteiger partial charge on any atom is 0.324 e.